The number of carbonyl (C=O) groups excluding carboxylic acids is 1. The molecule has 2 aliphatic heterocycles. The lowest BCUT2D eigenvalue weighted by atomic mass is 10.2. The van der Waals surface area contributed by atoms with E-state index in [1.807, 2.05) is 31.2 Å². The molecule has 4 atom stereocenters. The summed E-state index contributed by atoms with van der Waals surface area (Å²) in [5, 5.41) is 10.7. The Morgan fingerprint density at radius 1 is 1.11 bits per heavy atom. The van der Waals surface area contributed by atoms with E-state index in [9.17, 15) is 14.9 Å². The van der Waals surface area contributed by atoms with Crippen LogP contribution in [0.2, 0.25) is 0 Å². The first-order chi connectivity index (χ1) is 13.0. The molecule has 2 aliphatic rings. The maximum Gasteiger partial charge on any atom is 0.338 e. The van der Waals surface area contributed by atoms with E-state index in [4.69, 9.17) is 14.2 Å². The molecule has 0 bridgehead atoms. The summed E-state index contributed by atoms with van der Waals surface area (Å²) >= 11 is 1.60. The molecule has 8 heteroatoms. The number of esters is 1. The topological polar surface area (TPSA) is 91.2 Å². The van der Waals surface area contributed by atoms with Crippen molar-refractivity contribution in [1.29, 1.82) is 0 Å². The first kappa shape index (κ1) is 18.0. The minimum absolute atomic E-state index is 0.0133. The molecule has 2 aromatic rings. The molecule has 0 N–H and O–H groups in total. The molecule has 0 aliphatic carbocycles. The highest BCUT2D eigenvalue weighted by atomic mass is 32.2. The number of aryl methyl sites for hydroxylation is 1. The first-order valence-corrected chi connectivity index (χ1v) is 9.35. The smallest absolute Gasteiger partial charge is 0.338 e. The third kappa shape index (κ3) is 3.97. The Morgan fingerprint density at radius 2 is 1.81 bits per heavy atom. The molecule has 0 spiro atoms. The summed E-state index contributed by atoms with van der Waals surface area (Å²) < 4.78 is 16.9. The number of hydrogen-bond donors (Lipinski definition) is 0. The van der Waals surface area contributed by atoms with Crippen molar-refractivity contribution in [3.63, 3.8) is 0 Å². The van der Waals surface area contributed by atoms with Gasteiger partial charge in [0.25, 0.3) is 5.69 Å². The molecule has 4 rings (SSSR count). The molecule has 2 fully saturated rings. The average Bonchev–Trinajstić information content (AvgIpc) is 3.40. The predicted molar refractivity (Wildman–Crippen MR) is 97.7 cm³/mol. The van der Waals surface area contributed by atoms with Crippen molar-refractivity contribution in [3.05, 3.63) is 69.8 Å². The molecular weight excluding hydrogens is 370 g/mol. The molecule has 140 valence electrons. The summed E-state index contributed by atoms with van der Waals surface area (Å²) in [6.07, 6.45) is -0.350. The number of benzene rings is 2. The number of fused-ring (bicyclic) bond motifs is 1. The Kier molecular flexibility index (Phi) is 4.86. The van der Waals surface area contributed by atoms with Gasteiger partial charge in [0.05, 0.1) is 10.5 Å². The van der Waals surface area contributed by atoms with Gasteiger partial charge in [-0.15, -0.1) is 0 Å². The van der Waals surface area contributed by atoms with Crippen molar-refractivity contribution in [3.8, 4) is 0 Å². The number of thioether (sulfide) groups is 1. The standard InChI is InChI=1S/C19H17NO6S/c1-11-2-8-14(9-3-11)27-19-17-16(26-17)15(25-19)10-24-18(21)12-4-6-13(7-5-12)20(22)23/h2-9,15-17,19H,10H2,1H3/t15-,16+,17+,19-/m1/s1. The fourth-order valence-corrected chi connectivity index (χ4v) is 4.03. The van der Waals surface area contributed by atoms with Gasteiger partial charge in [0.1, 0.15) is 30.4 Å². The van der Waals surface area contributed by atoms with Gasteiger partial charge in [-0.2, -0.15) is 0 Å². The zero-order valence-electron chi connectivity index (χ0n) is 14.4. The second-order valence-corrected chi connectivity index (χ2v) is 7.61. The van der Waals surface area contributed by atoms with E-state index in [0.717, 1.165) is 4.90 Å². The SMILES string of the molecule is Cc1ccc(S[C@H]2O[C@H](COC(=O)c3ccc([N+](=O)[O-])cc3)[C@@H]3O[C@@H]32)cc1. The predicted octanol–water partition coefficient (Wildman–Crippen LogP) is 3.34. The molecule has 2 saturated heterocycles. The molecule has 27 heavy (non-hydrogen) atoms. The van der Waals surface area contributed by atoms with Gasteiger partial charge in [-0.05, 0) is 31.2 Å². The largest absolute Gasteiger partial charge is 0.459 e. The molecule has 0 radical (unpaired) electrons. The first-order valence-electron chi connectivity index (χ1n) is 8.47. The Morgan fingerprint density at radius 3 is 2.48 bits per heavy atom. The van der Waals surface area contributed by atoms with E-state index in [-0.39, 0.29) is 41.6 Å². The third-order valence-corrected chi connectivity index (χ3v) is 5.63. The van der Waals surface area contributed by atoms with Crippen molar-refractivity contribution in [2.24, 2.45) is 0 Å². The van der Waals surface area contributed by atoms with Crippen LogP contribution in [-0.2, 0) is 14.2 Å². The quantitative estimate of drug-likeness (QED) is 0.325. The summed E-state index contributed by atoms with van der Waals surface area (Å²) in [4.78, 5) is 23.4. The van der Waals surface area contributed by atoms with Crippen LogP contribution < -0.4 is 0 Å². The average molecular weight is 387 g/mol. The summed E-state index contributed by atoms with van der Waals surface area (Å²) in [6.45, 7) is 2.12. The molecule has 0 unspecified atom stereocenters. The fourth-order valence-electron chi connectivity index (χ4n) is 2.92. The van der Waals surface area contributed by atoms with E-state index < -0.39 is 10.9 Å². The van der Waals surface area contributed by atoms with Gasteiger partial charge in [-0.25, -0.2) is 4.79 Å². The number of rotatable bonds is 6. The monoisotopic (exact) mass is 387 g/mol. The maximum atomic E-state index is 12.1. The van der Waals surface area contributed by atoms with E-state index in [1.54, 1.807) is 11.8 Å². The van der Waals surface area contributed by atoms with Gasteiger partial charge in [-0.1, -0.05) is 29.5 Å². The number of non-ortho nitro benzene ring substituents is 1. The van der Waals surface area contributed by atoms with E-state index in [2.05, 4.69) is 0 Å². The molecule has 0 aromatic heterocycles. The highest BCUT2D eigenvalue weighted by Crippen LogP contribution is 2.46. The number of hydrogen-bond acceptors (Lipinski definition) is 7. The number of ether oxygens (including phenoxy) is 3. The Hall–Kier alpha value is -2.42. The van der Waals surface area contributed by atoms with Crippen LogP contribution in [0.3, 0.4) is 0 Å². The minimum Gasteiger partial charge on any atom is -0.459 e. The summed E-state index contributed by atoms with van der Waals surface area (Å²) in [7, 11) is 0. The highest BCUT2D eigenvalue weighted by Gasteiger charge is 2.58. The Balaban J connectivity index is 1.30. The van der Waals surface area contributed by atoms with Crippen LogP contribution in [0.1, 0.15) is 15.9 Å². The van der Waals surface area contributed by atoms with Crippen LogP contribution in [0.5, 0.6) is 0 Å². The lowest BCUT2D eigenvalue weighted by Crippen LogP contribution is -2.25. The molecule has 7 nitrogen and oxygen atoms in total. The van der Waals surface area contributed by atoms with Gasteiger partial charge in [0.2, 0.25) is 0 Å². The maximum absolute atomic E-state index is 12.1. The lowest BCUT2D eigenvalue weighted by Gasteiger charge is -2.17. The summed E-state index contributed by atoms with van der Waals surface area (Å²) in [5.41, 5.74) is 1.26. The van der Waals surface area contributed by atoms with Crippen LogP contribution in [0.25, 0.3) is 0 Å². The molecule has 2 heterocycles. The van der Waals surface area contributed by atoms with Crippen LogP contribution in [0.15, 0.2) is 53.4 Å². The zero-order chi connectivity index (χ0) is 19.0. The molecular formula is C19H17NO6S. The number of carbonyl (C=O) groups is 1. The van der Waals surface area contributed by atoms with E-state index >= 15 is 0 Å². The van der Waals surface area contributed by atoms with Crippen molar-refractivity contribution < 1.29 is 23.9 Å². The van der Waals surface area contributed by atoms with Crippen molar-refractivity contribution in [1.82, 2.24) is 0 Å². The molecule has 2 aromatic carbocycles. The third-order valence-electron chi connectivity index (χ3n) is 4.47. The lowest BCUT2D eigenvalue weighted by molar-refractivity contribution is -0.384. The van der Waals surface area contributed by atoms with Crippen LogP contribution in [0, 0.1) is 17.0 Å². The van der Waals surface area contributed by atoms with Gasteiger partial charge in [0.15, 0.2) is 0 Å². The zero-order valence-corrected chi connectivity index (χ0v) is 15.3. The van der Waals surface area contributed by atoms with E-state index in [0.29, 0.717) is 0 Å². The Labute approximate surface area is 159 Å². The van der Waals surface area contributed by atoms with Crippen molar-refractivity contribution >= 4 is 23.4 Å². The van der Waals surface area contributed by atoms with Gasteiger partial charge < -0.3 is 14.2 Å². The second-order valence-electron chi connectivity index (χ2n) is 6.44. The number of nitrogens with zero attached hydrogens (tertiary/aromatic N) is 1. The van der Waals surface area contributed by atoms with Crippen molar-refractivity contribution in [2.75, 3.05) is 6.61 Å². The Bertz CT molecular complexity index is 854. The normalized spacial score (nSPS) is 25.7. The van der Waals surface area contributed by atoms with Gasteiger partial charge in [0, 0.05) is 17.0 Å². The van der Waals surface area contributed by atoms with Crippen LogP contribution >= 0.6 is 11.8 Å². The molecule has 0 saturated carbocycles. The number of epoxide rings is 1. The highest BCUT2D eigenvalue weighted by molar-refractivity contribution is 7.99. The summed E-state index contributed by atoms with van der Waals surface area (Å²) in [5.74, 6) is -0.541. The van der Waals surface area contributed by atoms with Crippen LogP contribution in [-0.4, -0.2) is 41.2 Å². The fraction of sp³-hybridized carbons (Fsp3) is 0.316. The number of nitro benzene ring substituents is 1. The second kappa shape index (κ2) is 7.30. The molecule has 0 amide bonds. The van der Waals surface area contributed by atoms with Crippen LogP contribution in [0.4, 0.5) is 5.69 Å². The summed E-state index contributed by atoms with van der Waals surface area (Å²) in [6, 6.07) is 13.5. The van der Waals surface area contributed by atoms with Gasteiger partial charge in [-0.3, -0.25) is 10.1 Å². The van der Waals surface area contributed by atoms with Gasteiger partial charge >= 0.3 is 5.97 Å². The van der Waals surface area contributed by atoms with Crippen molar-refractivity contribution in [2.45, 2.75) is 35.6 Å². The minimum atomic E-state index is -0.541. The number of nitro groups is 1. The van der Waals surface area contributed by atoms with E-state index in [1.165, 1.54) is 29.8 Å².